The van der Waals surface area contributed by atoms with Crippen LogP contribution in [0, 0.1) is 0 Å². The summed E-state index contributed by atoms with van der Waals surface area (Å²) >= 11 is 0. The third kappa shape index (κ3) is 3.06. The van der Waals surface area contributed by atoms with Gasteiger partial charge in [0.05, 0.1) is 0 Å². The maximum atomic E-state index is 2.95. The van der Waals surface area contributed by atoms with Gasteiger partial charge in [-0.15, -0.1) is 0 Å². The van der Waals surface area contributed by atoms with Gasteiger partial charge in [-0.25, -0.2) is 0 Å². The molecule has 0 radical (unpaired) electrons. The Morgan fingerprint density at radius 2 is 0.700 bits per heavy atom. The molecule has 0 amide bonds. The number of piperidine rings is 3. The van der Waals surface area contributed by atoms with E-state index in [0.717, 1.165) is 0 Å². The Hall–Kier alpha value is 0.310. The van der Waals surface area contributed by atoms with E-state index in [0.29, 0.717) is 0 Å². The van der Waals surface area contributed by atoms with Crippen molar-refractivity contribution in [2.45, 2.75) is 57.8 Å². The van der Waals surface area contributed by atoms with Crippen molar-refractivity contribution >= 4 is 7.71 Å². The van der Waals surface area contributed by atoms with E-state index in [2.05, 4.69) is 20.7 Å². The molecule has 3 saturated heterocycles. The molecular formula is C16H34N3P. The average Bonchev–Trinajstić information content (AvgIpc) is 2.56. The van der Waals surface area contributed by atoms with Crippen molar-refractivity contribution in [3.8, 4) is 0 Å². The van der Waals surface area contributed by atoms with Crippen molar-refractivity contribution in [2.75, 3.05) is 45.9 Å². The molecule has 0 aromatic heterocycles. The molecule has 0 unspecified atom stereocenters. The minimum absolute atomic E-state index is 1.37. The maximum absolute atomic E-state index is 2.95. The fraction of sp³-hybridized carbons (Fsp3) is 1.00. The molecular weight excluding hydrogens is 265 g/mol. The van der Waals surface area contributed by atoms with Crippen LogP contribution in [-0.2, 0) is 0 Å². The van der Waals surface area contributed by atoms with Gasteiger partial charge in [0.15, 0.2) is 0 Å². The molecule has 118 valence electrons. The zero-order valence-electron chi connectivity index (χ0n) is 13.4. The Morgan fingerprint density at radius 1 is 0.450 bits per heavy atom. The van der Waals surface area contributed by atoms with Crippen molar-refractivity contribution in [3.63, 3.8) is 0 Å². The summed E-state index contributed by atoms with van der Waals surface area (Å²) in [5, 5.41) is 0. The Morgan fingerprint density at radius 3 is 0.950 bits per heavy atom. The van der Waals surface area contributed by atoms with Crippen LogP contribution in [0.25, 0.3) is 0 Å². The van der Waals surface area contributed by atoms with E-state index in [4.69, 9.17) is 0 Å². The van der Waals surface area contributed by atoms with Crippen LogP contribution in [0.2, 0.25) is 0 Å². The molecule has 3 fully saturated rings. The molecule has 0 spiro atoms. The third-order valence-electron chi connectivity index (χ3n) is 5.87. The van der Waals surface area contributed by atoms with Crippen LogP contribution in [0.5, 0.6) is 0 Å². The molecule has 3 rings (SSSR count). The Kier molecular flexibility index (Phi) is 5.36. The van der Waals surface area contributed by atoms with Crippen molar-refractivity contribution in [1.29, 1.82) is 0 Å². The van der Waals surface area contributed by atoms with Crippen molar-refractivity contribution in [1.82, 2.24) is 14.0 Å². The third-order valence-corrected chi connectivity index (χ3v) is 10.8. The monoisotopic (exact) mass is 299 g/mol. The summed E-state index contributed by atoms with van der Waals surface area (Å²) < 4.78 is 8.85. The molecule has 3 heterocycles. The molecule has 0 saturated carbocycles. The van der Waals surface area contributed by atoms with E-state index in [-0.39, 0.29) is 0 Å². The Labute approximate surface area is 126 Å². The molecule has 20 heavy (non-hydrogen) atoms. The SMILES string of the molecule is C[PH](N1CCCCC1)(N1CCCCC1)N1CCCCC1. The van der Waals surface area contributed by atoms with Crippen LogP contribution in [0.15, 0.2) is 0 Å². The molecule has 3 aliphatic heterocycles. The summed E-state index contributed by atoms with van der Waals surface area (Å²) in [4.78, 5) is 0. The van der Waals surface area contributed by atoms with E-state index in [1.54, 1.807) is 0 Å². The van der Waals surface area contributed by atoms with Gasteiger partial charge in [0.25, 0.3) is 0 Å². The second-order valence-electron chi connectivity index (χ2n) is 7.11. The molecule has 0 aliphatic carbocycles. The van der Waals surface area contributed by atoms with E-state index in [9.17, 15) is 0 Å². The van der Waals surface area contributed by atoms with Gasteiger partial charge in [0, 0.05) is 0 Å². The predicted octanol–water partition coefficient (Wildman–Crippen LogP) is 3.57. The van der Waals surface area contributed by atoms with Crippen LogP contribution in [0.1, 0.15) is 57.8 Å². The van der Waals surface area contributed by atoms with Crippen molar-refractivity contribution in [3.05, 3.63) is 0 Å². The number of hydrogen-bond acceptors (Lipinski definition) is 3. The molecule has 0 bridgehead atoms. The summed E-state index contributed by atoms with van der Waals surface area (Å²) in [7, 11) is -1.55. The summed E-state index contributed by atoms with van der Waals surface area (Å²) in [5.74, 6) is 0. The van der Waals surface area contributed by atoms with Gasteiger partial charge in [-0.05, 0) is 0 Å². The topological polar surface area (TPSA) is 9.72 Å². The first kappa shape index (κ1) is 15.2. The van der Waals surface area contributed by atoms with Crippen LogP contribution in [0.4, 0.5) is 0 Å². The molecule has 0 N–H and O–H groups in total. The fourth-order valence-corrected chi connectivity index (χ4v) is 9.24. The molecule has 3 nitrogen and oxygen atoms in total. The van der Waals surface area contributed by atoms with Crippen LogP contribution < -0.4 is 0 Å². The molecule has 0 aromatic carbocycles. The zero-order chi connectivity index (χ0) is 13.8. The van der Waals surface area contributed by atoms with Gasteiger partial charge in [-0.1, -0.05) is 0 Å². The van der Waals surface area contributed by atoms with Gasteiger partial charge in [0.1, 0.15) is 0 Å². The number of hydrogen-bond donors (Lipinski definition) is 0. The minimum atomic E-state index is -1.55. The first-order valence-corrected chi connectivity index (χ1v) is 11.4. The Balaban J connectivity index is 1.79. The number of nitrogens with zero attached hydrogens (tertiary/aromatic N) is 3. The molecule has 4 heteroatoms. The van der Waals surface area contributed by atoms with Crippen LogP contribution >= 0.6 is 7.71 Å². The quantitative estimate of drug-likeness (QED) is 0.738. The zero-order valence-corrected chi connectivity index (χ0v) is 14.4. The fourth-order valence-electron chi connectivity index (χ4n) is 4.55. The number of rotatable bonds is 3. The molecule has 0 atom stereocenters. The van der Waals surface area contributed by atoms with Crippen LogP contribution in [0.3, 0.4) is 0 Å². The second kappa shape index (κ2) is 7.05. The van der Waals surface area contributed by atoms with Gasteiger partial charge < -0.3 is 0 Å². The van der Waals surface area contributed by atoms with E-state index < -0.39 is 7.71 Å². The Bertz CT molecular complexity index is 247. The second-order valence-corrected chi connectivity index (χ2v) is 11.0. The average molecular weight is 299 g/mol. The summed E-state index contributed by atoms with van der Waals surface area (Å²) in [6.45, 7) is 10.9. The first-order valence-electron chi connectivity index (χ1n) is 9.07. The predicted molar refractivity (Wildman–Crippen MR) is 90.5 cm³/mol. The standard InChI is InChI=1S/C16H34N3P/c1-20(17-11-5-2-6-12-17,18-13-7-3-8-14-18)19-15-9-4-10-16-19/h20H,2-16H2,1H3. The summed E-state index contributed by atoms with van der Waals surface area (Å²) in [5.41, 5.74) is 0. The van der Waals surface area contributed by atoms with Gasteiger partial charge in [-0.2, -0.15) is 0 Å². The molecule has 0 aromatic rings. The van der Waals surface area contributed by atoms with E-state index >= 15 is 0 Å². The normalized spacial score (nSPS) is 29.4. The van der Waals surface area contributed by atoms with Gasteiger partial charge in [-0.3, -0.25) is 0 Å². The van der Waals surface area contributed by atoms with E-state index in [1.807, 2.05) is 0 Å². The first-order chi connectivity index (χ1) is 9.82. The summed E-state index contributed by atoms with van der Waals surface area (Å²) in [6, 6.07) is 0. The van der Waals surface area contributed by atoms with Gasteiger partial charge >= 0.3 is 125 Å². The van der Waals surface area contributed by atoms with Crippen molar-refractivity contribution < 1.29 is 0 Å². The van der Waals surface area contributed by atoms with Crippen LogP contribution in [-0.4, -0.2) is 59.9 Å². The van der Waals surface area contributed by atoms with Gasteiger partial charge in [0.2, 0.25) is 0 Å². The summed E-state index contributed by atoms with van der Waals surface area (Å²) in [6.07, 6.45) is 13.0. The molecule has 3 aliphatic rings. The van der Waals surface area contributed by atoms with E-state index in [1.165, 1.54) is 97.1 Å². The van der Waals surface area contributed by atoms with Crippen molar-refractivity contribution in [2.24, 2.45) is 0 Å².